The maximum absolute atomic E-state index is 13.0. The van der Waals surface area contributed by atoms with Crippen molar-refractivity contribution in [2.24, 2.45) is 0 Å². The second-order valence-electron chi connectivity index (χ2n) is 7.60. The third-order valence-electron chi connectivity index (χ3n) is 5.98. The van der Waals surface area contributed by atoms with Gasteiger partial charge in [-0.25, -0.2) is 0 Å². The Morgan fingerprint density at radius 3 is 2.80 bits per heavy atom. The lowest BCUT2D eigenvalue weighted by atomic mass is 9.95. The first-order chi connectivity index (χ1) is 12.3. The van der Waals surface area contributed by atoms with Crippen LogP contribution >= 0.6 is 0 Å². The van der Waals surface area contributed by atoms with Gasteiger partial charge in [-0.1, -0.05) is 6.92 Å². The van der Waals surface area contributed by atoms with Crippen LogP contribution < -0.4 is 5.32 Å². The van der Waals surface area contributed by atoms with Crippen molar-refractivity contribution in [1.29, 1.82) is 0 Å². The van der Waals surface area contributed by atoms with Gasteiger partial charge in [0.15, 0.2) is 0 Å². The lowest BCUT2D eigenvalue weighted by Crippen LogP contribution is -2.48. The van der Waals surface area contributed by atoms with Gasteiger partial charge < -0.3 is 14.8 Å². The van der Waals surface area contributed by atoms with Gasteiger partial charge >= 0.3 is 0 Å². The van der Waals surface area contributed by atoms with Crippen molar-refractivity contribution in [1.82, 2.24) is 29.9 Å². The van der Waals surface area contributed by atoms with Gasteiger partial charge in [-0.2, -0.15) is 0 Å². The normalized spacial score (nSPS) is 25.3. The molecular formula is C18H30N6O. The first kappa shape index (κ1) is 17.0. The molecule has 1 aromatic heterocycles. The summed E-state index contributed by atoms with van der Waals surface area (Å²) in [6.07, 6.45) is 5.34. The van der Waals surface area contributed by atoms with Crippen molar-refractivity contribution in [2.45, 2.75) is 64.1 Å². The molecule has 0 aromatic carbocycles. The number of aromatic nitrogens is 3. The van der Waals surface area contributed by atoms with Crippen LogP contribution in [0.2, 0.25) is 0 Å². The molecule has 1 unspecified atom stereocenters. The second-order valence-corrected chi connectivity index (χ2v) is 7.60. The van der Waals surface area contributed by atoms with E-state index in [9.17, 15) is 4.79 Å². The third kappa shape index (κ3) is 3.31. The minimum atomic E-state index is 0.128. The summed E-state index contributed by atoms with van der Waals surface area (Å²) in [6, 6.07) is 0.128. The van der Waals surface area contributed by atoms with Crippen LogP contribution in [0, 0.1) is 0 Å². The molecule has 0 aliphatic carbocycles. The number of amides is 1. The number of fused-ring (bicyclic) bond motifs is 1. The number of rotatable bonds is 4. The molecule has 4 heterocycles. The van der Waals surface area contributed by atoms with Crippen molar-refractivity contribution in [3.8, 4) is 0 Å². The zero-order valence-electron chi connectivity index (χ0n) is 15.3. The maximum atomic E-state index is 13.0. The maximum Gasteiger partial charge on any atom is 0.239 e. The van der Waals surface area contributed by atoms with Crippen molar-refractivity contribution < 1.29 is 4.79 Å². The Morgan fingerprint density at radius 1 is 1.16 bits per heavy atom. The van der Waals surface area contributed by atoms with Gasteiger partial charge in [-0.15, -0.1) is 10.2 Å². The Morgan fingerprint density at radius 2 is 2.00 bits per heavy atom. The number of carbonyl (C=O) groups excluding carboxylic acids is 1. The predicted octanol–water partition coefficient (Wildman–Crippen LogP) is 0.962. The number of nitrogens with one attached hydrogen (secondary N) is 1. The molecule has 25 heavy (non-hydrogen) atoms. The molecule has 0 radical (unpaired) electrons. The lowest BCUT2D eigenvalue weighted by Gasteiger charge is -2.35. The molecular weight excluding hydrogens is 316 g/mol. The fourth-order valence-electron chi connectivity index (χ4n) is 4.65. The highest BCUT2D eigenvalue weighted by Crippen LogP contribution is 2.29. The number of carbonyl (C=O) groups is 1. The zero-order valence-corrected chi connectivity index (χ0v) is 15.3. The van der Waals surface area contributed by atoms with Crippen LogP contribution in [0.5, 0.6) is 0 Å². The molecule has 1 amide bonds. The van der Waals surface area contributed by atoms with E-state index in [-0.39, 0.29) is 6.04 Å². The van der Waals surface area contributed by atoms with Crippen molar-refractivity contribution in [3.05, 3.63) is 11.6 Å². The number of likely N-dealkylation sites (tertiary alicyclic amines) is 2. The van der Waals surface area contributed by atoms with Crippen molar-refractivity contribution >= 4 is 5.91 Å². The van der Waals surface area contributed by atoms with E-state index >= 15 is 0 Å². The van der Waals surface area contributed by atoms with Gasteiger partial charge in [0.2, 0.25) is 5.91 Å². The number of hydrogen-bond acceptors (Lipinski definition) is 5. The van der Waals surface area contributed by atoms with Crippen LogP contribution in [-0.2, 0) is 17.9 Å². The average Bonchev–Trinajstić information content (AvgIpc) is 3.28. The minimum Gasteiger partial charge on any atom is -0.341 e. The van der Waals surface area contributed by atoms with Crippen molar-refractivity contribution in [3.63, 3.8) is 0 Å². The summed E-state index contributed by atoms with van der Waals surface area (Å²) in [6.45, 7) is 8.82. The van der Waals surface area contributed by atoms with E-state index in [0.717, 1.165) is 89.6 Å². The summed E-state index contributed by atoms with van der Waals surface area (Å²) in [5.41, 5.74) is 0. The summed E-state index contributed by atoms with van der Waals surface area (Å²) < 4.78 is 2.29. The van der Waals surface area contributed by atoms with Crippen LogP contribution in [-0.4, -0.2) is 69.2 Å². The SMILES string of the molecule is CCCN1CCCC1C(=O)N1CCC(c2nnc3n2CCNC3)CC1. The van der Waals surface area contributed by atoms with E-state index in [2.05, 4.69) is 36.8 Å². The first-order valence-electron chi connectivity index (χ1n) is 9.93. The first-order valence-corrected chi connectivity index (χ1v) is 9.93. The summed E-state index contributed by atoms with van der Waals surface area (Å²) in [4.78, 5) is 17.4. The molecule has 1 atom stereocenters. The Kier molecular flexibility index (Phi) is 5.03. The zero-order chi connectivity index (χ0) is 17.2. The Bertz CT molecular complexity index is 607. The van der Waals surface area contributed by atoms with Gasteiger partial charge in [0.25, 0.3) is 0 Å². The Labute approximate surface area is 149 Å². The van der Waals surface area contributed by atoms with Crippen LogP contribution in [0.25, 0.3) is 0 Å². The van der Waals surface area contributed by atoms with Crippen LogP contribution in [0.15, 0.2) is 0 Å². The summed E-state index contributed by atoms with van der Waals surface area (Å²) in [5.74, 6) is 2.99. The highest BCUT2D eigenvalue weighted by atomic mass is 16.2. The Balaban J connectivity index is 1.37. The fraction of sp³-hybridized carbons (Fsp3) is 0.833. The smallest absolute Gasteiger partial charge is 0.239 e. The number of hydrogen-bond donors (Lipinski definition) is 1. The summed E-state index contributed by atoms with van der Waals surface area (Å²) >= 11 is 0. The van der Waals surface area contributed by atoms with E-state index in [4.69, 9.17) is 0 Å². The van der Waals surface area contributed by atoms with E-state index in [1.807, 2.05) is 0 Å². The van der Waals surface area contributed by atoms with Gasteiger partial charge in [0.05, 0.1) is 12.6 Å². The number of nitrogens with zero attached hydrogens (tertiary/aromatic N) is 5. The number of piperidine rings is 1. The van der Waals surface area contributed by atoms with Gasteiger partial charge in [-0.05, 0) is 45.2 Å². The molecule has 1 aromatic rings. The molecule has 2 fully saturated rings. The molecule has 0 bridgehead atoms. The van der Waals surface area contributed by atoms with E-state index in [0.29, 0.717) is 11.8 Å². The molecule has 3 aliphatic rings. The minimum absolute atomic E-state index is 0.128. The molecule has 3 aliphatic heterocycles. The molecule has 0 spiro atoms. The predicted molar refractivity (Wildman–Crippen MR) is 95.2 cm³/mol. The molecule has 0 saturated carbocycles. The summed E-state index contributed by atoms with van der Waals surface area (Å²) in [5, 5.41) is 12.2. The lowest BCUT2D eigenvalue weighted by molar-refractivity contribution is -0.137. The molecule has 138 valence electrons. The van der Waals surface area contributed by atoms with Crippen molar-refractivity contribution in [2.75, 3.05) is 32.7 Å². The van der Waals surface area contributed by atoms with Crippen LogP contribution in [0.1, 0.15) is 56.6 Å². The Hall–Kier alpha value is -1.47. The van der Waals surface area contributed by atoms with E-state index in [1.54, 1.807) is 0 Å². The van der Waals surface area contributed by atoms with E-state index in [1.165, 1.54) is 0 Å². The quantitative estimate of drug-likeness (QED) is 0.880. The van der Waals surface area contributed by atoms with E-state index < -0.39 is 0 Å². The van der Waals surface area contributed by atoms with Crippen LogP contribution in [0.3, 0.4) is 0 Å². The van der Waals surface area contributed by atoms with Gasteiger partial charge in [-0.3, -0.25) is 9.69 Å². The van der Waals surface area contributed by atoms with Crippen LogP contribution in [0.4, 0.5) is 0 Å². The highest BCUT2D eigenvalue weighted by molar-refractivity contribution is 5.82. The fourth-order valence-corrected chi connectivity index (χ4v) is 4.65. The van der Waals surface area contributed by atoms with Gasteiger partial charge in [0, 0.05) is 32.1 Å². The molecule has 2 saturated heterocycles. The molecule has 7 nitrogen and oxygen atoms in total. The molecule has 1 N–H and O–H groups in total. The van der Waals surface area contributed by atoms with Gasteiger partial charge in [0.1, 0.15) is 11.6 Å². The third-order valence-corrected chi connectivity index (χ3v) is 5.98. The monoisotopic (exact) mass is 346 g/mol. The standard InChI is InChI=1S/C18H30N6O/c1-2-8-22-9-3-4-15(22)18(25)23-10-5-14(6-11-23)17-21-20-16-13-19-7-12-24(16)17/h14-15,19H,2-13H2,1H3. The molecule has 4 rings (SSSR count). The average molecular weight is 346 g/mol. The summed E-state index contributed by atoms with van der Waals surface area (Å²) in [7, 11) is 0. The second kappa shape index (κ2) is 7.41. The molecule has 7 heteroatoms. The highest BCUT2D eigenvalue weighted by Gasteiger charge is 2.35. The topological polar surface area (TPSA) is 66.3 Å². The largest absolute Gasteiger partial charge is 0.341 e.